The summed E-state index contributed by atoms with van der Waals surface area (Å²) < 4.78 is 21.2. The van der Waals surface area contributed by atoms with Crippen LogP contribution in [-0.4, -0.2) is 32.5 Å². The van der Waals surface area contributed by atoms with Crippen LogP contribution in [0.25, 0.3) is 10.9 Å². The van der Waals surface area contributed by atoms with Gasteiger partial charge in [0.25, 0.3) is 0 Å². The molecule has 0 amide bonds. The van der Waals surface area contributed by atoms with E-state index in [9.17, 15) is 4.57 Å². The van der Waals surface area contributed by atoms with E-state index in [0.717, 1.165) is 15.8 Å². The summed E-state index contributed by atoms with van der Waals surface area (Å²) in [5.41, 5.74) is 6.60. The molecule has 3 heterocycles. The topological polar surface area (TPSA) is 128 Å². The zero-order valence-electron chi connectivity index (χ0n) is 11.7. The third kappa shape index (κ3) is 3.15. The molecular formula is C12H16N3O5PS. The monoisotopic (exact) mass is 345 g/mol. The minimum atomic E-state index is -4.48. The Labute approximate surface area is 130 Å². The lowest BCUT2D eigenvalue weighted by molar-refractivity contribution is 0.00667. The molecule has 22 heavy (non-hydrogen) atoms. The Morgan fingerprint density at radius 1 is 1.55 bits per heavy atom. The van der Waals surface area contributed by atoms with E-state index < -0.39 is 7.82 Å². The number of aromatic nitrogens is 2. The van der Waals surface area contributed by atoms with E-state index in [-0.39, 0.29) is 24.7 Å². The van der Waals surface area contributed by atoms with Crippen molar-refractivity contribution in [3.8, 4) is 0 Å². The number of fused-ring (bicyclic) bond motifs is 1. The Kier molecular flexibility index (Phi) is 4.19. The van der Waals surface area contributed by atoms with Gasteiger partial charge in [-0.2, -0.15) is 0 Å². The van der Waals surface area contributed by atoms with Crippen molar-refractivity contribution in [1.82, 2.24) is 9.97 Å². The highest BCUT2D eigenvalue weighted by atomic mass is 32.1. The van der Waals surface area contributed by atoms with E-state index in [2.05, 4.69) is 14.5 Å². The molecule has 0 radical (unpaired) electrons. The van der Waals surface area contributed by atoms with Crippen LogP contribution in [0.4, 0.5) is 5.82 Å². The molecule has 0 spiro atoms. The third-order valence-electron chi connectivity index (χ3n) is 3.63. The first-order valence-electron chi connectivity index (χ1n) is 6.68. The van der Waals surface area contributed by atoms with Crippen molar-refractivity contribution in [2.45, 2.75) is 25.6 Å². The molecule has 3 rings (SSSR count). The number of anilines is 1. The van der Waals surface area contributed by atoms with Crippen LogP contribution in [0.5, 0.6) is 0 Å². The van der Waals surface area contributed by atoms with Crippen molar-refractivity contribution in [3.63, 3.8) is 0 Å². The molecule has 0 aliphatic carbocycles. The Morgan fingerprint density at radius 2 is 2.32 bits per heavy atom. The van der Waals surface area contributed by atoms with E-state index >= 15 is 0 Å². The van der Waals surface area contributed by atoms with Crippen molar-refractivity contribution < 1.29 is 23.6 Å². The molecule has 2 aromatic heterocycles. The lowest BCUT2D eigenvalue weighted by Gasteiger charge is -2.15. The van der Waals surface area contributed by atoms with E-state index in [4.69, 9.17) is 20.3 Å². The molecule has 1 aliphatic rings. The molecule has 1 saturated heterocycles. The Balaban J connectivity index is 1.80. The number of hydrogen-bond donors (Lipinski definition) is 3. The number of thiophene rings is 1. The van der Waals surface area contributed by atoms with Crippen molar-refractivity contribution in [2.75, 3.05) is 12.3 Å². The summed E-state index contributed by atoms with van der Waals surface area (Å²) in [6.07, 6.45) is 1.53. The number of phosphoric ester groups is 1. The van der Waals surface area contributed by atoms with Gasteiger partial charge in [-0.1, -0.05) is 6.92 Å². The number of nitrogen functional groups attached to an aromatic ring is 1. The number of rotatable bonds is 4. The first-order valence-corrected chi connectivity index (χ1v) is 9.09. The highest BCUT2D eigenvalue weighted by Crippen LogP contribution is 2.45. The van der Waals surface area contributed by atoms with Gasteiger partial charge in [0.15, 0.2) is 0 Å². The van der Waals surface area contributed by atoms with E-state index in [0.29, 0.717) is 12.2 Å². The smallest absolute Gasteiger partial charge is 0.383 e. The number of hydrogen-bond acceptors (Lipinski definition) is 7. The molecule has 2 aromatic rings. The third-order valence-corrected chi connectivity index (χ3v) is 5.15. The standard InChI is InChI=1S/C12H16N3O5PS/c1-6-2-7(3-19-21(16,17)18)20-10(6)11-9-8(4-22-11)12(13)15-5-14-9/h4-7,10H,2-3H2,1H3,(H2,13,14,15)(H2,16,17,18)/t6-,7-,10+/m0/s1. The van der Waals surface area contributed by atoms with Gasteiger partial charge in [0, 0.05) is 5.38 Å². The van der Waals surface area contributed by atoms with Crippen LogP contribution < -0.4 is 5.73 Å². The summed E-state index contributed by atoms with van der Waals surface area (Å²) in [5, 5.41) is 2.70. The predicted octanol–water partition coefficient (Wildman–Crippen LogP) is 1.85. The molecular weight excluding hydrogens is 329 g/mol. The number of ether oxygens (including phenoxy) is 1. The summed E-state index contributed by atoms with van der Waals surface area (Å²) in [5.74, 6) is 0.614. The molecule has 4 N–H and O–H groups in total. The number of nitrogens with two attached hydrogens (primary N) is 1. The summed E-state index contributed by atoms with van der Waals surface area (Å²) in [6.45, 7) is 1.89. The van der Waals surface area contributed by atoms with Crippen LogP contribution >= 0.6 is 19.2 Å². The molecule has 1 fully saturated rings. The van der Waals surface area contributed by atoms with Gasteiger partial charge >= 0.3 is 7.82 Å². The fourth-order valence-electron chi connectivity index (χ4n) is 2.64. The van der Waals surface area contributed by atoms with Crippen LogP contribution in [0.15, 0.2) is 11.7 Å². The summed E-state index contributed by atoms with van der Waals surface area (Å²) in [4.78, 5) is 26.7. The minimum absolute atomic E-state index is 0.133. The second-order valence-corrected chi connectivity index (χ2v) is 7.45. The maximum absolute atomic E-state index is 10.8. The maximum Gasteiger partial charge on any atom is 0.469 e. The normalized spacial score (nSPS) is 25.9. The predicted molar refractivity (Wildman–Crippen MR) is 81.2 cm³/mol. The highest BCUT2D eigenvalue weighted by molar-refractivity contribution is 7.46. The quantitative estimate of drug-likeness (QED) is 0.716. The maximum atomic E-state index is 10.8. The van der Waals surface area contributed by atoms with Gasteiger partial charge in [0.05, 0.1) is 34.6 Å². The van der Waals surface area contributed by atoms with E-state index in [1.54, 1.807) is 0 Å². The summed E-state index contributed by atoms with van der Waals surface area (Å²) in [6, 6.07) is 0. The first kappa shape index (κ1) is 15.8. The van der Waals surface area contributed by atoms with Gasteiger partial charge in [0.2, 0.25) is 0 Å². The van der Waals surface area contributed by atoms with Crippen LogP contribution in [0.2, 0.25) is 0 Å². The van der Waals surface area contributed by atoms with E-state index in [1.807, 2.05) is 12.3 Å². The van der Waals surface area contributed by atoms with Gasteiger partial charge < -0.3 is 20.3 Å². The fourth-order valence-corrected chi connectivity index (χ4v) is 4.18. The second kappa shape index (κ2) is 5.84. The second-order valence-electron chi connectivity index (χ2n) is 5.30. The molecule has 3 atom stereocenters. The van der Waals surface area contributed by atoms with Crippen molar-refractivity contribution in [1.29, 1.82) is 0 Å². The van der Waals surface area contributed by atoms with Crippen LogP contribution in [0.3, 0.4) is 0 Å². The average Bonchev–Trinajstić information content (AvgIpc) is 3.00. The molecule has 8 nitrogen and oxygen atoms in total. The average molecular weight is 345 g/mol. The van der Waals surface area contributed by atoms with Gasteiger partial charge in [-0.25, -0.2) is 14.5 Å². The van der Waals surface area contributed by atoms with Crippen LogP contribution in [0, 0.1) is 5.92 Å². The zero-order valence-corrected chi connectivity index (χ0v) is 13.5. The molecule has 0 bridgehead atoms. The van der Waals surface area contributed by atoms with E-state index in [1.165, 1.54) is 17.7 Å². The number of nitrogens with zero attached hydrogens (tertiary/aromatic N) is 2. The molecule has 0 unspecified atom stereocenters. The van der Waals surface area contributed by atoms with Gasteiger partial charge in [-0.15, -0.1) is 11.3 Å². The van der Waals surface area contributed by atoms with Crippen LogP contribution in [-0.2, 0) is 13.8 Å². The molecule has 120 valence electrons. The molecule has 0 aromatic carbocycles. The van der Waals surface area contributed by atoms with Gasteiger partial charge in [-0.05, 0) is 12.3 Å². The fraction of sp³-hybridized carbons (Fsp3) is 0.500. The SMILES string of the molecule is C[C@H]1C[C@@H](COP(=O)(O)O)O[C@H]1c1scc2c(N)ncnc12. The number of phosphoric acid groups is 1. The molecule has 10 heteroatoms. The molecule has 0 saturated carbocycles. The van der Waals surface area contributed by atoms with Crippen molar-refractivity contribution in [2.24, 2.45) is 5.92 Å². The summed E-state index contributed by atoms with van der Waals surface area (Å²) >= 11 is 1.50. The zero-order chi connectivity index (χ0) is 15.9. The lowest BCUT2D eigenvalue weighted by Crippen LogP contribution is -2.13. The van der Waals surface area contributed by atoms with Crippen molar-refractivity contribution in [3.05, 3.63) is 16.6 Å². The highest BCUT2D eigenvalue weighted by Gasteiger charge is 2.36. The Hall–Kier alpha value is -1.09. The van der Waals surface area contributed by atoms with Crippen LogP contribution in [0.1, 0.15) is 24.3 Å². The lowest BCUT2D eigenvalue weighted by atomic mass is 10.0. The Bertz CT molecular complexity index is 733. The Morgan fingerprint density at radius 3 is 3.05 bits per heavy atom. The largest absolute Gasteiger partial charge is 0.469 e. The summed E-state index contributed by atoms with van der Waals surface area (Å²) in [7, 11) is -4.48. The molecule has 1 aliphatic heterocycles. The minimum Gasteiger partial charge on any atom is -0.383 e. The van der Waals surface area contributed by atoms with Crippen molar-refractivity contribution >= 4 is 35.9 Å². The van der Waals surface area contributed by atoms with Gasteiger partial charge in [-0.3, -0.25) is 4.52 Å². The van der Waals surface area contributed by atoms with Gasteiger partial charge in [0.1, 0.15) is 12.1 Å². The first-order chi connectivity index (χ1) is 10.3.